The van der Waals surface area contributed by atoms with E-state index in [0.29, 0.717) is 6.04 Å². The van der Waals surface area contributed by atoms with Gasteiger partial charge in [0.2, 0.25) is 0 Å². The summed E-state index contributed by atoms with van der Waals surface area (Å²) >= 11 is 1.80. The van der Waals surface area contributed by atoms with E-state index in [1.807, 2.05) is 0 Å². The van der Waals surface area contributed by atoms with Gasteiger partial charge in [0.25, 0.3) is 0 Å². The number of aryl methyl sites for hydroxylation is 2. The van der Waals surface area contributed by atoms with Crippen LogP contribution in [0.2, 0.25) is 0 Å². The van der Waals surface area contributed by atoms with Crippen LogP contribution < -0.4 is 5.32 Å². The Bertz CT molecular complexity index is 354. The lowest BCUT2D eigenvalue weighted by Gasteiger charge is -2.19. The Morgan fingerprint density at radius 2 is 2.06 bits per heavy atom. The zero-order valence-corrected chi connectivity index (χ0v) is 12.5. The first kappa shape index (κ1) is 15.5. The molecule has 0 radical (unpaired) electrons. The molecule has 1 rings (SSSR count). The summed E-state index contributed by atoms with van der Waals surface area (Å²) in [6.07, 6.45) is 1.14. The molecule has 0 saturated heterocycles. The van der Waals surface area contributed by atoms with Gasteiger partial charge in [-0.2, -0.15) is 11.8 Å². The van der Waals surface area contributed by atoms with Crippen molar-refractivity contribution in [2.45, 2.75) is 33.2 Å². The molecular weight excluding hydrogens is 242 g/mol. The summed E-state index contributed by atoms with van der Waals surface area (Å²) in [4.78, 5) is 0. The van der Waals surface area contributed by atoms with Crippen LogP contribution in [0.25, 0.3) is 0 Å². The van der Waals surface area contributed by atoms with Crippen molar-refractivity contribution in [2.75, 3.05) is 24.7 Å². The molecule has 2 N–H and O–H groups in total. The largest absolute Gasteiger partial charge is 0.396 e. The van der Waals surface area contributed by atoms with Gasteiger partial charge in [-0.3, -0.25) is 0 Å². The van der Waals surface area contributed by atoms with Gasteiger partial charge in [0.15, 0.2) is 0 Å². The Labute approximate surface area is 115 Å². The van der Waals surface area contributed by atoms with Crippen molar-refractivity contribution < 1.29 is 5.11 Å². The lowest BCUT2D eigenvalue weighted by Crippen LogP contribution is -2.24. The predicted octanol–water partition coefficient (Wildman–Crippen LogP) is 3.07. The lowest BCUT2D eigenvalue weighted by molar-refractivity contribution is 0.322. The molecule has 0 saturated carbocycles. The van der Waals surface area contributed by atoms with E-state index in [1.54, 1.807) is 11.8 Å². The Balaban J connectivity index is 2.70. The van der Waals surface area contributed by atoms with Crippen molar-refractivity contribution in [3.63, 3.8) is 0 Å². The minimum atomic E-state index is 0.262. The van der Waals surface area contributed by atoms with Crippen molar-refractivity contribution in [3.8, 4) is 0 Å². The fraction of sp³-hybridized carbons (Fsp3) is 0.600. The van der Waals surface area contributed by atoms with Crippen LogP contribution >= 0.6 is 11.8 Å². The first-order valence-corrected chi connectivity index (χ1v) is 7.83. The summed E-state index contributed by atoms with van der Waals surface area (Å²) in [5.74, 6) is 1.83. The molecule has 1 aromatic rings. The molecule has 1 aromatic carbocycles. The molecule has 102 valence electrons. The summed E-state index contributed by atoms with van der Waals surface area (Å²) in [6.45, 7) is 7.80. The number of aliphatic hydroxyl groups is 1. The molecule has 0 aliphatic rings. The molecule has 0 bridgehead atoms. The van der Waals surface area contributed by atoms with E-state index in [1.165, 1.54) is 16.7 Å². The van der Waals surface area contributed by atoms with E-state index >= 15 is 0 Å². The molecular formula is C15H25NOS. The first-order valence-electron chi connectivity index (χ1n) is 6.68. The molecule has 0 amide bonds. The van der Waals surface area contributed by atoms with Gasteiger partial charge >= 0.3 is 0 Å². The van der Waals surface area contributed by atoms with Gasteiger partial charge in [0, 0.05) is 17.5 Å². The van der Waals surface area contributed by atoms with Crippen LogP contribution in [0.15, 0.2) is 18.2 Å². The van der Waals surface area contributed by atoms with Crippen LogP contribution in [-0.2, 0) is 0 Å². The maximum Gasteiger partial charge on any atom is 0.0521 e. The molecule has 0 spiro atoms. The molecule has 1 atom stereocenters. The summed E-state index contributed by atoms with van der Waals surface area (Å²) < 4.78 is 0. The Hall–Kier alpha value is -0.510. The molecule has 0 fully saturated rings. The Kier molecular flexibility index (Phi) is 7.40. The summed E-state index contributed by atoms with van der Waals surface area (Å²) in [6, 6.07) is 7.08. The molecule has 0 aliphatic carbocycles. The summed E-state index contributed by atoms with van der Waals surface area (Å²) in [5, 5.41) is 12.5. The monoisotopic (exact) mass is 267 g/mol. The van der Waals surface area contributed by atoms with Gasteiger partial charge in [-0.15, -0.1) is 0 Å². The average Bonchev–Trinajstić information content (AvgIpc) is 2.37. The SMILES string of the molecule is CCCNC(CSCCO)c1ccc(C)c(C)c1. The van der Waals surface area contributed by atoms with Gasteiger partial charge in [0.05, 0.1) is 6.61 Å². The number of hydrogen-bond acceptors (Lipinski definition) is 3. The van der Waals surface area contributed by atoms with Gasteiger partial charge < -0.3 is 10.4 Å². The number of thioether (sulfide) groups is 1. The molecule has 0 aromatic heterocycles. The minimum Gasteiger partial charge on any atom is -0.396 e. The molecule has 2 nitrogen and oxygen atoms in total. The summed E-state index contributed by atoms with van der Waals surface area (Å²) in [5.41, 5.74) is 4.05. The van der Waals surface area contributed by atoms with Crippen molar-refractivity contribution in [1.82, 2.24) is 5.32 Å². The van der Waals surface area contributed by atoms with Gasteiger partial charge in [-0.25, -0.2) is 0 Å². The van der Waals surface area contributed by atoms with Crippen LogP contribution in [0.1, 0.15) is 36.1 Å². The molecule has 0 aliphatic heterocycles. The van der Waals surface area contributed by atoms with E-state index in [9.17, 15) is 0 Å². The fourth-order valence-electron chi connectivity index (χ4n) is 1.84. The maximum atomic E-state index is 8.87. The molecule has 3 heteroatoms. The number of hydrogen-bond donors (Lipinski definition) is 2. The number of benzene rings is 1. The Morgan fingerprint density at radius 3 is 2.67 bits per heavy atom. The van der Waals surface area contributed by atoms with Crippen molar-refractivity contribution >= 4 is 11.8 Å². The predicted molar refractivity (Wildman–Crippen MR) is 81.4 cm³/mol. The quantitative estimate of drug-likeness (QED) is 0.710. The zero-order valence-electron chi connectivity index (χ0n) is 11.7. The Morgan fingerprint density at radius 1 is 1.28 bits per heavy atom. The van der Waals surface area contributed by atoms with Crippen LogP contribution in [0.5, 0.6) is 0 Å². The van der Waals surface area contributed by atoms with Crippen LogP contribution in [0.4, 0.5) is 0 Å². The average molecular weight is 267 g/mol. The third kappa shape index (κ3) is 5.01. The highest BCUT2D eigenvalue weighted by molar-refractivity contribution is 7.99. The van der Waals surface area contributed by atoms with E-state index < -0.39 is 0 Å². The van der Waals surface area contributed by atoms with E-state index in [0.717, 1.165) is 24.5 Å². The highest BCUT2D eigenvalue weighted by Crippen LogP contribution is 2.21. The van der Waals surface area contributed by atoms with Gasteiger partial charge in [-0.1, -0.05) is 25.1 Å². The maximum absolute atomic E-state index is 8.87. The number of aliphatic hydroxyl groups excluding tert-OH is 1. The van der Waals surface area contributed by atoms with E-state index in [4.69, 9.17) is 5.11 Å². The second kappa shape index (κ2) is 8.57. The van der Waals surface area contributed by atoms with Crippen molar-refractivity contribution in [3.05, 3.63) is 34.9 Å². The lowest BCUT2D eigenvalue weighted by atomic mass is 10.0. The second-order valence-electron chi connectivity index (χ2n) is 4.65. The zero-order chi connectivity index (χ0) is 13.4. The van der Waals surface area contributed by atoms with E-state index in [2.05, 4.69) is 44.3 Å². The minimum absolute atomic E-state index is 0.262. The van der Waals surface area contributed by atoms with Crippen LogP contribution in [0.3, 0.4) is 0 Å². The van der Waals surface area contributed by atoms with Crippen molar-refractivity contribution in [1.29, 1.82) is 0 Å². The smallest absolute Gasteiger partial charge is 0.0521 e. The summed E-state index contributed by atoms with van der Waals surface area (Å²) in [7, 11) is 0. The second-order valence-corrected chi connectivity index (χ2v) is 5.80. The number of nitrogens with one attached hydrogen (secondary N) is 1. The highest BCUT2D eigenvalue weighted by atomic mass is 32.2. The van der Waals surface area contributed by atoms with Crippen molar-refractivity contribution in [2.24, 2.45) is 0 Å². The third-order valence-electron chi connectivity index (χ3n) is 3.09. The van der Waals surface area contributed by atoms with Crippen LogP contribution in [0, 0.1) is 13.8 Å². The highest BCUT2D eigenvalue weighted by Gasteiger charge is 2.11. The molecule has 1 unspecified atom stereocenters. The number of rotatable bonds is 8. The third-order valence-corrected chi connectivity index (χ3v) is 4.13. The molecule has 18 heavy (non-hydrogen) atoms. The fourth-order valence-corrected chi connectivity index (χ4v) is 2.68. The van der Waals surface area contributed by atoms with Gasteiger partial charge in [0.1, 0.15) is 0 Å². The van der Waals surface area contributed by atoms with E-state index in [-0.39, 0.29) is 6.61 Å². The standard InChI is InChI=1S/C15H25NOS/c1-4-7-16-15(11-18-9-8-17)14-6-5-12(2)13(3)10-14/h5-6,10,15-17H,4,7-9,11H2,1-3H3. The van der Waals surface area contributed by atoms with Gasteiger partial charge in [-0.05, 0) is 43.5 Å². The molecule has 0 heterocycles. The van der Waals surface area contributed by atoms with Crippen LogP contribution in [-0.4, -0.2) is 29.8 Å². The normalized spacial score (nSPS) is 12.7. The first-order chi connectivity index (χ1) is 8.69. The topological polar surface area (TPSA) is 32.3 Å².